The summed E-state index contributed by atoms with van der Waals surface area (Å²) in [5.41, 5.74) is 1.67. The third-order valence-corrected chi connectivity index (χ3v) is 3.16. The quantitative estimate of drug-likeness (QED) is 0.653. The van der Waals surface area contributed by atoms with Crippen molar-refractivity contribution in [2.45, 2.75) is 13.0 Å². The van der Waals surface area contributed by atoms with Crippen molar-refractivity contribution >= 4 is 29.0 Å². The molecule has 0 spiro atoms. The first-order valence-corrected chi connectivity index (χ1v) is 6.02. The van der Waals surface area contributed by atoms with E-state index in [1.165, 1.54) is 7.11 Å². The van der Waals surface area contributed by atoms with E-state index in [-0.39, 0.29) is 12.0 Å². The number of carbonyl (C=O) groups excluding carboxylic acids is 1. The summed E-state index contributed by atoms with van der Waals surface area (Å²) in [4.78, 5) is 16.0. The Morgan fingerprint density at radius 3 is 2.67 bits per heavy atom. The topological polar surface area (TPSA) is 50.7 Å². The molecule has 0 saturated heterocycles. The van der Waals surface area contributed by atoms with Crippen molar-refractivity contribution in [1.82, 2.24) is 5.32 Å². The number of rotatable bonds is 2. The summed E-state index contributed by atoms with van der Waals surface area (Å²) in [5.74, 6) is -0.746. The second-order valence-electron chi connectivity index (χ2n) is 4.09. The number of ether oxygens (including phenoxy) is 1. The van der Waals surface area contributed by atoms with Crippen molar-refractivity contribution in [3.05, 3.63) is 35.9 Å². The van der Waals surface area contributed by atoms with E-state index in [0.29, 0.717) is 10.8 Å². The lowest BCUT2D eigenvalue weighted by Gasteiger charge is -2.30. The molecular formula is C13H14N2O2S. The van der Waals surface area contributed by atoms with Crippen LogP contribution < -0.4 is 5.32 Å². The van der Waals surface area contributed by atoms with Crippen LogP contribution in [0.1, 0.15) is 18.5 Å². The number of aliphatic imine (C=N–C) groups is 1. The Bertz CT molecular complexity index is 499. The SMILES string of the molecule is COC(=O)C1C(C)=NC(=S)NC1c1ccccc1. The standard InChI is InChI=1S/C13H14N2O2S/c1-8-10(12(16)17-2)11(15-13(18)14-8)9-6-4-3-5-7-9/h3-7,10-11H,1-2H3,(H,15,18). The van der Waals surface area contributed by atoms with E-state index in [1.807, 2.05) is 30.3 Å². The highest BCUT2D eigenvalue weighted by Crippen LogP contribution is 2.27. The Hall–Kier alpha value is -1.75. The van der Waals surface area contributed by atoms with Gasteiger partial charge in [-0.05, 0) is 24.7 Å². The fraction of sp³-hybridized carbons (Fsp3) is 0.308. The normalized spacial score (nSPS) is 23.0. The van der Waals surface area contributed by atoms with E-state index in [4.69, 9.17) is 17.0 Å². The summed E-state index contributed by atoms with van der Waals surface area (Å²) in [7, 11) is 1.38. The van der Waals surface area contributed by atoms with Gasteiger partial charge in [0, 0.05) is 5.71 Å². The predicted molar refractivity (Wildman–Crippen MR) is 73.5 cm³/mol. The summed E-state index contributed by atoms with van der Waals surface area (Å²) < 4.78 is 4.84. The van der Waals surface area contributed by atoms with E-state index in [0.717, 1.165) is 5.56 Å². The second kappa shape index (κ2) is 5.27. The van der Waals surface area contributed by atoms with Crippen molar-refractivity contribution in [1.29, 1.82) is 0 Å². The van der Waals surface area contributed by atoms with Crippen LogP contribution in [0, 0.1) is 5.92 Å². The largest absolute Gasteiger partial charge is 0.468 e. The van der Waals surface area contributed by atoms with E-state index < -0.39 is 5.92 Å². The van der Waals surface area contributed by atoms with Crippen LogP contribution in [0.3, 0.4) is 0 Å². The Balaban J connectivity index is 2.41. The molecule has 2 unspecified atom stereocenters. The zero-order valence-electron chi connectivity index (χ0n) is 10.2. The molecule has 1 aromatic rings. The number of carbonyl (C=O) groups is 1. The Morgan fingerprint density at radius 1 is 1.39 bits per heavy atom. The van der Waals surface area contributed by atoms with Gasteiger partial charge in [0.15, 0.2) is 5.11 Å². The fourth-order valence-electron chi connectivity index (χ4n) is 2.09. The summed E-state index contributed by atoms with van der Waals surface area (Å²) in [6.45, 7) is 1.80. The molecule has 1 aliphatic rings. The molecule has 0 bridgehead atoms. The molecule has 2 rings (SSSR count). The number of hydrogen-bond donors (Lipinski definition) is 1. The van der Waals surface area contributed by atoms with Crippen LogP contribution in [0.4, 0.5) is 0 Å². The molecule has 94 valence electrons. The smallest absolute Gasteiger partial charge is 0.316 e. The number of nitrogens with one attached hydrogen (secondary N) is 1. The fourth-order valence-corrected chi connectivity index (χ4v) is 2.36. The first-order chi connectivity index (χ1) is 8.63. The van der Waals surface area contributed by atoms with Crippen LogP contribution in [0.2, 0.25) is 0 Å². The molecule has 18 heavy (non-hydrogen) atoms. The van der Waals surface area contributed by atoms with Gasteiger partial charge in [-0.25, -0.2) is 4.99 Å². The van der Waals surface area contributed by atoms with Crippen molar-refractivity contribution in [2.75, 3.05) is 7.11 Å². The number of benzene rings is 1. The van der Waals surface area contributed by atoms with Crippen molar-refractivity contribution in [3.63, 3.8) is 0 Å². The van der Waals surface area contributed by atoms with Gasteiger partial charge >= 0.3 is 5.97 Å². The van der Waals surface area contributed by atoms with Crippen molar-refractivity contribution in [2.24, 2.45) is 10.9 Å². The van der Waals surface area contributed by atoms with Gasteiger partial charge in [-0.15, -0.1) is 0 Å². The third kappa shape index (κ3) is 2.41. The summed E-state index contributed by atoms with van der Waals surface area (Å²) in [6, 6.07) is 9.47. The molecule has 4 nitrogen and oxygen atoms in total. The molecule has 0 fully saturated rings. The summed E-state index contributed by atoms with van der Waals surface area (Å²) in [5, 5.41) is 3.48. The van der Waals surface area contributed by atoms with Crippen LogP contribution in [0.15, 0.2) is 35.3 Å². The number of hydrogen-bond acceptors (Lipinski definition) is 3. The predicted octanol–water partition coefficient (Wildman–Crippen LogP) is 1.87. The molecule has 2 atom stereocenters. The highest BCUT2D eigenvalue weighted by atomic mass is 32.1. The van der Waals surface area contributed by atoms with Crippen LogP contribution in [0.25, 0.3) is 0 Å². The highest BCUT2D eigenvalue weighted by Gasteiger charge is 2.36. The average molecular weight is 262 g/mol. The molecule has 1 aliphatic heterocycles. The molecule has 0 radical (unpaired) electrons. The molecule has 1 heterocycles. The van der Waals surface area contributed by atoms with Crippen LogP contribution in [-0.2, 0) is 9.53 Å². The van der Waals surface area contributed by atoms with Crippen LogP contribution in [-0.4, -0.2) is 23.9 Å². The minimum absolute atomic E-state index is 0.219. The zero-order valence-corrected chi connectivity index (χ0v) is 11.0. The van der Waals surface area contributed by atoms with Crippen LogP contribution in [0.5, 0.6) is 0 Å². The van der Waals surface area contributed by atoms with E-state index >= 15 is 0 Å². The number of esters is 1. The zero-order chi connectivity index (χ0) is 13.1. The van der Waals surface area contributed by atoms with Gasteiger partial charge in [0.1, 0.15) is 5.92 Å². The van der Waals surface area contributed by atoms with E-state index in [1.54, 1.807) is 6.92 Å². The minimum atomic E-state index is -0.441. The lowest BCUT2D eigenvalue weighted by atomic mass is 9.88. The van der Waals surface area contributed by atoms with E-state index in [2.05, 4.69) is 10.3 Å². The average Bonchev–Trinajstić information content (AvgIpc) is 2.38. The number of methoxy groups -OCH3 is 1. The second-order valence-corrected chi connectivity index (χ2v) is 4.48. The van der Waals surface area contributed by atoms with Gasteiger partial charge < -0.3 is 10.1 Å². The highest BCUT2D eigenvalue weighted by molar-refractivity contribution is 7.80. The van der Waals surface area contributed by atoms with Crippen molar-refractivity contribution in [3.8, 4) is 0 Å². The van der Waals surface area contributed by atoms with E-state index in [9.17, 15) is 4.79 Å². The van der Waals surface area contributed by atoms with Crippen molar-refractivity contribution < 1.29 is 9.53 Å². The van der Waals surface area contributed by atoms with Gasteiger partial charge in [-0.1, -0.05) is 30.3 Å². The Morgan fingerprint density at radius 2 is 2.06 bits per heavy atom. The monoisotopic (exact) mass is 262 g/mol. The molecule has 0 saturated carbocycles. The maximum absolute atomic E-state index is 11.9. The van der Waals surface area contributed by atoms with Gasteiger partial charge in [0.25, 0.3) is 0 Å². The lowest BCUT2D eigenvalue weighted by molar-refractivity contribution is -0.143. The van der Waals surface area contributed by atoms with Gasteiger partial charge in [0.2, 0.25) is 0 Å². The number of thiocarbonyl (C=S) groups is 1. The maximum Gasteiger partial charge on any atom is 0.316 e. The van der Waals surface area contributed by atoms with Gasteiger partial charge in [0.05, 0.1) is 13.2 Å². The first-order valence-electron chi connectivity index (χ1n) is 5.62. The molecular weight excluding hydrogens is 248 g/mol. The molecule has 1 aromatic carbocycles. The molecule has 5 heteroatoms. The molecule has 0 amide bonds. The maximum atomic E-state index is 11.9. The third-order valence-electron chi connectivity index (χ3n) is 2.95. The molecule has 0 aromatic heterocycles. The van der Waals surface area contributed by atoms with Crippen LogP contribution >= 0.6 is 12.2 Å². The summed E-state index contributed by atoms with van der Waals surface area (Å²) in [6.07, 6.45) is 0. The molecule has 1 N–H and O–H groups in total. The van der Waals surface area contributed by atoms with Gasteiger partial charge in [-0.2, -0.15) is 0 Å². The Kier molecular flexibility index (Phi) is 3.72. The van der Waals surface area contributed by atoms with Gasteiger partial charge in [-0.3, -0.25) is 4.79 Å². The lowest BCUT2D eigenvalue weighted by Crippen LogP contribution is -2.43. The molecule has 0 aliphatic carbocycles. The first kappa shape index (κ1) is 12.7. The minimum Gasteiger partial charge on any atom is -0.468 e. The number of nitrogens with zero attached hydrogens (tertiary/aromatic N) is 1. The Labute approximate surface area is 111 Å². The summed E-state index contributed by atoms with van der Waals surface area (Å²) >= 11 is 5.08.